The number of Topliss-reactive ketones (excluding diaryl/α,β-unsaturated/α-hetero) is 1. The Morgan fingerprint density at radius 1 is 1.19 bits per heavy atom. The zero-order valence-corrected chi connectivity index (χ0v) is 18.9. The van der Waals surface area contributed by atoms with Crippen molar-refractivity contribution in [2.24, 2.45) is 0 Å². The molecule has 1 unspecified atom stereocenters. The van der Waals surface area contributed by atoms with Crippen molar-refractivity contribution in [3.05, 3.63) is 75.7 Å². The third-order valence-corrected chi connectivity index (χ3v) is 5.93. The maximum Gasteiger partial charge on any atom is 0.290 e. The highest BCUT2D eigenvalue weighted by Crippen LogP contribution is 2.40. The van der Waals surface area contributed by atoms with Crippen LogP contribution in [-0.2, 0) is 11.2 Å². The fourth-order valence-electron chi connectivity index (χ4n) is 4.12. The molecule has 2 aromatic carbocycles. The molecule has 0 saturated heterocycles. The summed E-state index contributed by atoms with van der Waals surface area (Å²) in [5.74, 6) is -1.25. The van der Waals surface area contributed by atoms with Gasteiger partial charge in [0.2, 0.25) is 5.78 Å². The van der Waals surface area contributed by atoms with Crippen LogP contribution in [0.2, 0.25) is 5.02 Å². The minimum absolute atomic E-state index is 0.00319. The zero-order chi connectivity index (χ0) is 23.0. The van der Waals surface area contributed by atoms with Crippen LogP contribution in [-0.4, -0.2) is 35.4 Å². The normalized spacial score (nSPS) is 16.3. The summed E-state index contributed by atoms with van der Waals surface area (Å²) < 4.78 is 11.1. The number of methoxy groups -OCH3 is 1. The largest absolute Gasteiger partial charge is 0.503 e. The third-order valence-electron chi connectivity index (χ3n) is 5.71. The second-order valence-corrected chi connectivity index (χ2v) is 8.16. The van der Waals surface area contributed by atoms with E-state index in [1.54, 1.807) is 18.2 Å². The minimum Gasteiger partial charge on any atom is -0.503 e. The molecule has 1 aromatic heterocycles. The van der Waals surface area contributed by atoms with Crippen LogP contribution in [0, 0.1) is 0 Å². The minimum atomic E-state index is -0.695. The molecule has 32 heavy (non-hydrogen) atoms. The lowest BCUT2D eigenvalue weighted by atomic mass is 9.94. The number of carbonyl (C=O) groups is 2. The molecule has 1 atom stereocenters. The quantitative estimate of drug-likeness (QED) is 0.468. The Morgan fingerprint density at radius 2 is 1.91 bits per heavy atom. The van der Waals surface area contributed by atoms with E-state index in [-0.39, 0.29) is 11.3 Å². The van der Waals surface area contributed by atoms with Crippen molar-refractivity contribution in [1.29, 1.82) is 0 Å². The van der Waals surface area contributed by atoms with Gasteiger partial charge in [0.15, 0.2) is 22.9 Å². The summed E-state index contributed by atoms with van der Waals surface area (Å²) in [5.41, 5.74) is 2.28. The highest BCUT2D eigenvalue weighted by molar-refractivity contribution is 6.31. The number of fused-ring (bicyclic) bond motifs is 1. The molecule has 1 aliphatic heterocycles. The van der Waals surface area contributed by atoms with Gasteiger partial charge in [-0.05, 0) is 36.1 Å². The van der Waals surface area contributed by atoms with Crippen LogP contribution in [0.25, 0.3) is 11.0 Å². The average molecular weight is 454 g/mol. The first kappa shape index (κ1) is 22.0. The van der Waals surface area contributed by atoms with Crippen LogP contribution in [0.5, 0.6) is 5.75 Å². The van der Waals surface area contributed by atoms with Crippen molar-refractivity contribution in [1.82, 2.24) is 4.90 Å². The number of hydrogen-bond donors (Lipinski definition) is 1. The summed E-state index contributed by atoms with van der Waals surface area (Å²) in [6.07, 6.45) is 1.56. The van der Waals surface area contributed by atoms with Crippen LogP contribution in [0.3, 0.4) is 0 Å². The van der Waals surface area contributed by atoms with Gasteiger partial charge < -0.3 is 19.2 Å². The number of nitrogens with zero attached hydrogens (tertiary/aromatic N) is 1. The first-order valence-corrected chi connectivity index (χ1v) is 10.9. The van der Waals surface area contributed by atoms with E-state index in [1.807, 2.05) is 31.2 Å². The number of carbonyl (C=O) groups excluding carboxylic acids is 2. The summed E-state index contributed by atoms with van der Waals surface area (Å²) in [6.45, 7) is 4.40. The van der Waals surface area contributed by atoms with Crippen LogP contribution < -0.4 is 4.74 Å². The first-order chi connectivity index (χ1) is 15.4. The number of halogens is 1. The number of furan rings is 1. The number of ketones is 1. The first-order valence-electron chi connectivity index (χ1n) is 10.5. The van der Waals surface area contributed by atoms with Gasteiger partial charge in [0.25, 0.3) is 5.91 Å². The molecule has 166 valence electrons. The van der Waals surface area contributed by atoms with E-state index < -0.39 is 23.5 Å². The number of hydrogen-bond acceptors (Lipinski definition) is 5. The lowest BCUT2D eigenvalue weighted by Crippen LogP contribution is -2.31. The topological polar surface area (TPSA) is 80.0 Å². The number of rotatable bonds is 7. The Morgan fingerprint density at radius 3 is 2.53 bits per heavy atom. The second kappa shape index (κ2) is 8.71. The predicted molar refractivity (Wildman–Crippen MR) is 122 cm³/mol. The number of amides is 1. The summed E-state index contributed by atoms with van der Waals surface area (Å²) in [6, 6.07) is 11.8. The van der Waals surface area contributed by atoms with E-state index in [0.717, 1.165) is 17.5 Å². The van der Waals surface area contributed by atoms with Crippen LogP contribution in [0.4, 0.5) is 0 Å². The molecular weight excluding hydrogens is 430 g/mol. The highest BCUT2D eigenvalue weighted by Gasteiger charge is 2.44. The Bertz CT molecular complexity index is 1230. The standard InChI is InChI=1S/C25H24ClNO5/c1-4-10-27-21(15-8-6-14(5-2)7-9-15)20(23(29)25(27)30)22(28)18-12-16-11-17(26)13-19(31-3)24(16)32-18/h6-9,11-13,21,29H,4-5,10H2,1-3H3. The van der Waals surface area contributed by atoms with Crippen molar-refractivity contribution in [2.45, 2.75) is 32.7 Å². The van der Waals surface area contributed by atoms with Crippen LogP contribution in [0.1, 0.15) is 48.0 Å². The van der Waals surface area contributed by atoms with E-state index in [4.69, 9.17) is 20.8 Å². The van der Waals surface area contributed by atoms with E-state index in [0.29, 0.717) is 34.7 Å². The summed E-state index contributed by atoms with van der Waals surface area (Å²) in [7, 11) is 1.48. The molecule has 0 fully saturated rings. The van der Waals surface area contributed by atoms with E-state index in [2.05, 4.69) is 6.92 Å². The summed E-state index contributed by atoms with van der Waals surface area (Å²) in [5, 5.41) is 11.8. The summed E-state index contributed by atoms with van der Waals surface area (Å²) in [4.78, 5) is 27.9. The number of aliphatic hydroxyl groups is 1. The van der Waals surface area contributed by atoms with Gasteiger partial charge in [-0.15, -0.1) is 0 Å². The molecule has 6 nitrogen and oxygen atoms in total. The molecule has 1 N–H and O–H groups in total. The smallest absolute Gasteiger partial charge is 0.290 e. The van der Waals surface area contributed by atoms with Crippen LogP contribution >= 0.6 is 11.6 Å². The van der Waals surface area contributed by atoms with Crippen molar-refractivity contribution < 1.29 is 23.8 Å². The molecule has 0 bridgehead atoms. The number of benzene rings is 2. The molecule has 4 rings (SSSR count). The maximum atomic E-state index is 13.5. The fourth-order valence-corrected chi connectivity index (χ4v) is 4.34. The van der Waals surface area contributed by atoms with Crippen molar-refractivity contribution >= 4 is 34.3 Å². The molecular formula is C25H24ClNO5. The molecule has 7 heteroatoms. The second-order valence-electron chi connectivity index (χ2n) is 7.72. The Hall–Kier alpha value is -3.25. The average Bonchev–Trinajstić information content (AvgIpc) is 3.33. The number of aliphatic hydroxyl groups excluding tert-OH is 1. The van der Waals surface area contributed by atoms with Crippen molar-refractivity contribution in [3.63, 3.8) is 0 Å². The monoisotopic (exact) mass is 453 g/mol. The lowest BCUT2D eigenvalue weighted by molar-refractivity contribution is -0.129. The third kappa shape index (κ3) is 3.65. The Labute approximate surface area is 191 Å². The van der Waals surface area contributed by atoms with Crippen molar-refractivity contribution in [3.8, 4) is 5.75 Å². The summed E-state index contributed by atoms with van der Waals surface area (Å²) >= 11 is 6.14. The van der Waals surface area contributed by atoms with E-state index in [9.17, 15) is 14.7 Å². The molecule has 1 amide bonds. The zero-order valence-electron chi connectivity index (χ0n) is 18.1. The van der Waals surface area contributed by atoms with Gasteiger partial charge in [-0.25, -0.2) is 0 Å². The van der Waals surface area contributed by atoms with Gasteiger partial charge in [0.05, 0.1) is 18.7 Å². The Kier molecular flexibility index (Phi) is 5.98. The van der Waals surface area contributed by atoms with Gasteiger partial charge >= 0.3 is 0 Å². The Balaban J connectivity index is 1.82. The van der Waals surface area contributed by atoms with Gasteiger partial charge in [0, 0.05) is 23.0 Å². The maximum absolute atomic E-state index is 13.5. The van der Waals surface area contributed by atoms with E-state index >= 15 is 0 Å². The molecule has 1 aliphatic rings. The number of aryl methyl sites for hydroxylation is 1. The SMILES string of the molecule is CCCN1C(=O)C(O)=C(C(=O)c2cc3cc(Cl)cc(OC)c3o2)C1c1ccc(CC)cc1. The number of ether oxygens (including phenoxy) is 1. The molecule has 3 aromatic rings. The molecule has 0 radical (unpaired) electrons. The predicted octanol–water partition coefficient (Wildman–Crippen LogP) is 5.65. The van der Waals surface area contributed by atoms with Gasteiger partial charge in [0.1, 0.15) is 0 Å². The van der Waals surface area contributed by atoms with Gasteiger partial charge in [-0.2, -0.15) is 0 Å². The highest BCUT2D eigenvalue weighted by atomic mass is 35.5. The van der Waals surface area contributed by atoms with E-state index in [1.165, 1.54) is 12.0 Å². The fraction of sp³-hybridized carbons (Fsp3) is 0.280. The molecule has 2 heterocycles. The van der Waals surface area contributed by atoms with Crippen molar-refractivity contribution in [2.75, 3.05) is 13.7 Å². The van der Waals surface area contributed by atoms with Gasteiger partial charge in [-0.3, -0.25) is 9.59 Å². The van der Waals surface area contributed by atoms with Crippen LogP contribution in [0.15, 0.2) is 58.2 Å². The molecule has 0 aliphatic carbocycles. The molecule has 0 spiro atoms. The lowest BCUT2D eigenvalue weighted by Gasteiger charge is -2.26. The molecule has 0 saturated carbocycles. The van der Waals surface area contributed by atoms with Gasteiger partial charge in [-0.1, -0.05) is 49.7 Å².